The van der Waals surface area contributed by atoms with Crippen molar-refractivity contribution in [3.63, 3.8) is 0 Å². The van der Waals surface area contributed by atoms with Gasteiger partial charge in [-0.1, -0.05) is 66.7 Å². The zero-order chi connectivity index (χ0) is 18.4. The zero-order valence-electron chi connectivity index (χ0n) is 14.4. The number of amides is 1. The topological polar surface area (TPSA) is 44.1 Å². The normalized spacial score (nSPS) is 11.2. The Morgan fingerprint density at radius 2 is 1.73 bits per heavy atom. The fraction of sp³-hybridized carbons (Fsp3) is 0.0909. The van der Waals surface area contributed by atoms with Crippen LogP contribution in [-0.2, 0) is 11.3 Å². The number of carbonyl (C=O) groups is 1. The molecule has 3 rings (SSSR count). The van der Waals surface area contributed by atoms with E-state index in [-0.39, 0.29) is 5.91 Å². The van der Waals surface area contributed by atoms with Crippen molar-refractivity contribution in [2.45, 2.75) is 13.5 Å². The van der Waals surface area contributed by atoms with Gasteiger partial charge in [-0.25, -0.2) is 0 Å². The highest BCUT2D eigenvalue weighted by atomic mass is 32.2. The molecular formula is C22H18N2OS. The van der Waals surface area contributed by atoms with E-state index in [0.29, 0.717) is 6.54 Å². The van der Waals surface area contributed by atoms with Gasteiger partial charge in [-0.15, -0.1) is 0 Å². The molecule has 0 aliphatic rings. The minimum Gasteiger partial charge on any atom is -0.307 e. The first-order valence-corrected chi connectivity index (χ1v) is 9.13. The molecule has 0 fully saturated rings. The van der Waals surface area contributed by atoms with Crippen LogP contribution in [0, 0.1) is 10.7 Å². The van der Waals surface area contributed by atoms with Crippen LogP contribution in [0.4, 0.5) is 0 Å². The summed E-state index contributed by atoms with van der Waals surface area (Å²) in [6.07, 6.45) is 0. The first-order valence-electron chi connectivity index (χ1n) is 8.25. The molecule has 0 atom stereocenters. The molecular weight excluding hydrogens is 340 g/mol. The summed E-state index contributed by atoms with van der Waals surface area (Å²) >= 11 is 1.02. The van der Waals surface area contributed by atoms with E-state index in [4.69, 9.17) is 5.26 Å². The molecule has 0 spiro atoms. The second kappa shape index (κ2) is 8.37. The molecule has 4 heteroatoms. The third-order valence-electron chi connectivity index (χ3n) is 4.12. The predicted octanol–water partition coefficient (Wildman–Crippen LogP) is 5.40. The van der Waals surface area contributed by atoms with Gasteiger partial charge in [0, 0.05) is 12.3 Å². The van der Waals surface area contributed by atoms with Crippen LogP contribution in [0.25, 0.3) is 16.5 Å². The van der Waals surface area contributed by atoms with Crippen molar-refractivity contribution in [2.75, 3.05) is 0 Å². The van der Waals surface area contributed by atoms with Gasteiger partial charge in [-0.3, -0.25) is 4.79 Å². The van der Waals surface area contributed by atoms with Crippen LogP contribution in [-0.4, -0.2) is 10.8 Å². The molecule has 0 saturated carbocycles. The molecule has 0 radical (unpaired) electrons. The summed E-state index contributed by atoms with van der Waals surface area (Å²) in [4.78, 5) is 14.1. The highest BCUT2D eigenvalue weighted by molar-refractivity contribution is 8.06. The van der Waals surface area contributed by atoms with Crippen molar-refractivity contribution in [1.82, 2.24) is 4.90 Å². The first kappa shape index (κ1) is 17.8. The fourth-order valence-corrected chi connectivity index (χ4v) is 3.28. The number of hydrogen-bond acceptors (Lipinski definition) is 3. The number of thiocyanates is 1. The predicted molar refractivity (Wildman–Crippen MR) is 108 cm³/mol. The maximum Gasteiger partial charge on any atom is 0.224 e. The standard InChI is InChI=1S/C22H18N2OS/c1-17(25)24(14-18-7-3-2-4-8-18)22(15-26-16-23)21-12-11-19-9-5-6-10-20(19)13-21/h2-13,15H,14H2,1H3. The molecule has 0 N–H and O–H groups in total. The quantitative estimate of drug-likeness (QED) is 0.574. The molecule has 3 aromatic rings. The highest BCUT2D eigenvalue weighted by Gasteiger charge is 2.17. The maximum absolute atomic E-state index is 12.4. The third kappa shape index (κ3) is 4.14. The Balaban J connectivity index is 2.04. The molecule has 0 bridgehead atoms. The third-order valence-corrected chi connectivity index (χ3v) is 4.57. The van der Waals surface area contributed by atoms with E-state index in [1.54, 1.807) is 17.2 Å². The molecule has 0 aliphatic carbocycles. The van der Waals surface area contributed by atoms with Crippen molar-refractivity contribution in [1.29, 1.82) is 5.26 Å². The summed E-state index contributed by atoms with van der Waals surface area (Å²) < 4.78 is 0. The molecule has 0 aliphatic heterocycles. The molecule has 0 saturated heterocycles. The average Bonchev–Trinajstić information content (AvgIpc) is 2.68. The van der Waals surface area contributed by atoms with E-state index in [2.05, 4.69) is 17.5 Å². The lowest BCUT2D eigenvalue weighted by atomic mass is 10.0. The monoisotopic (exact) mass is 358 g/mol. The molecule has 3 aromatic carbocycles. The Hall–Kier alpha value is -3.03. The molecule has 0 heterocycles. The van der Waals surface area contributed by atoms with Gasteiger partial charge in [0.25, 0.3) is 0 Å². The van der Waals surface area contributed by atoms with E-state index >= 15 is 0 Å². The van der Waals surface area contributed by atoms with Gasteiger partial charge in [0.1, 0.15) is 5.40 Å². The first-order chi connectivity index (χ1) is 12.7. The van der Waals surface area contributed by atoms with Gasteiger partial charge < -0.3 is 4.90 Å². The number of benzene rings is 3. The zero-order valence-corrected chi connectivity index (χ0v) is 15.2. The Labute approximate surface area is 157 Å². The summed E-state index contributed by atoms with van der Waals surface area (Å²) in [5.41, 5.74) is 2.69. The second-order valence-corrected chi connectivity index (χ2v) is 6.52. The Bertz CT molecular complexity index is 990. The SMILES string of the molecule is CC(=O)N(Cc1ccccc1)C(=CSC#N)c1ccc2ccccc2c1. The Kier molecular flexibility index (Phi) is 5.73. The summed E-state index contributed by atoms with van der Waals surface area (Å²) in [5, 5.41) is 15.1. The largest absolute Gasteiger partial charge is 0.307 e. The average molecular weight is 358 g/mol. The van der Waals surface area contributed by atoms with Gasteiger partial charge in [0.2, 0.25) is 5.91 Å². The molecule has 128 valence electrons. The van der Waals surface area contributed by atoms with Crippen molar-refractivity contribution < 1.29 is 4.79 Å². The van der Waals surface area contributed by atoms with Crippen LogP contribution in [0.1, 0.15) is 18.1 Å². The van der Waals surface area contributed by atoms with Gasteiger partial charge in [0.15, 0.2) is 0 Å². The maximum atomic E-state index is 12.4. The van der Waals surface area contributed by atoms with Crippen molar-refractivity contribution in [3.05, 3.63) is 89.3 Å². The Morgan fingerprint density at radius 3 is 2.42 bits per heavy atom. The van der Waals surface area contributed by atoms with E-state index in [1.807, 2.05) is 60.7 Å². The molecule has 0 unspecified atom stereocenters. The second-order valence-electron chi connectivity index (χ2n) is 5.86. The number of nitriles is 1. The van der Waals surface area contributed by atoms with E-state index in [1.165, 1.54) is 0 Å². The lowest BCUT2D eigenvalue weighted by Crippen LogP contribution is -2.26. The summed E-state index contributed by atoms with van der Waals surface area (Å²) in [6, 6.07) is 24.0. The molecule has 26 heavy (non-hydrogen) atoms. The van der Waals surface area contributed by atoms with Crippen LogP contribution >= 0.6 is 11.8 Å². The number of rotatable bonds is 5. The fourth-order valence-electron chi connectivity index (χ4n) is 2.85. The van der Waals surface area contributed by atoms with E-state index < -0.39 is 0 Å². The van der Waals surface area contributed by atoms with Gasteiger partial charge in [-0.2, -0.15) is 5.26 Å². The summed E-state index contributed by atoms with van der Waals surface area (Å²) in [6.45, 7) is 2.01. The van der Waals surface area contributed by atoms with Crippen molar-refractivity contribution in [2.24, 2.45) is 0 Å². The minimum atomic E-state index is -0.0631. The van der Waals surface area contributed by atoms with Gasteiger partial charge in [-0.05, 0) is 39.7 Å². The number of carbonyl (C=O) groups excluding carboxylic acids is 1. The van der Waals surface area contributed by atoms with E-state index in [0.717, 1.165) is 39.4 Å². The molecule has 3 nitrogen and oxygen atoms in total. The van der Waals surface area contributed by atoms with Crippen LogP contribution in [0.15, 0.2) is 78.2 Å². The number of thioether (sulfide) groups is 1. The van der Waals surface area contributed by atoms with Gasteiger partial charge >= 0.3 is 0 Å². The smallest absolute Gasteiger partial charge is 0.224 e. The number of nitrogens with zero attached hydrogens (tertiary/aromatic N) is 2. The summed E-state index contributed by atoms with van der Waals surface area (Å²) in [7, 11) is 0. The number of hydrogen-bond donors (Lipinski definition) is 0. The van der Waals surface area contributed by atoms with Crippen molar-refractivity contribution in [3.8, 4) is 5.40 Å². The highest BCUT2D eigenvalue weighted by Crippen LogP contribution is 2.27. The van der Waals surface area contributed by atoms with Crippen molar-refractivity contribution >= 4 is 34.1 Å². The molecule has 0 aromatic heterocycles. The van der Waals surface area contributed by atoms with Crippen LogP contribution in [0.2, 0.25) is 0 Å². The number of fused-ring (bicyclic) bond motifs is 1. The lowest BCUT2D eigenvalue weighted by molar-refractivity contribution is -0.126. The van der Waals surface area contributed by atoms with Crippen LogP contribution < -0.4 is 0 Å². The molecule has 1 amide bonds. The summed E-state index contributed by atoms with van der Waals surface area (Å²) in [5.74, 6) is -0.0631. The van der Waals surface area contributed by atoms with E-state index in [9.17, 15) is 4.79 Å². The van der Waals surface area contributed by atoms with Gasteiger partial charge in [0.05, 0.1) is 12.2 Å². The lowest BCUT2D eigenvalue weighted by Gasteiger charge is -2.25. The van der Waals surface area contributed by atoms with Crippen LogP contribution in [0.5, 0.6) is 0 Å². The minimum absolute atomic E-state index is 0.0631. The van der Waals surface area contributed by atoms with Crippen LogP contribution in [0.3, 0.4) is 0 Å². The Morgan fingerprint density at radius 1 is 1.04 bits per heavy atom.